The van der Waals surface area contributed by atoms with Gasteiger partial charge in [0, 0.05) is 4.47 Å². The van der Waals surface area contributed by atoms with E-state index in [2.05, 4.69) is 26.6 Å². The lowest BCUT2D eigenvalue weighted by molar-refractivity contribution is -0.118. The van der Waals surface area contributed by atoms with Gasteiger partial charge >= 0.3 is 5.97 Å². The number of para-hydroxylation sites is 1. The maximum Gasteiger partial charge on any atom is 0.337 e. The van der Waals surface area contributed by atoms with E-state index in [1.807, 2.05) is 0 Å². The first kappa shape index (κ1) is 15.0. The summed E-state index contributed by atoms with van der Waals surface area (Å²) in [6.07, 6.45) is 3.97. The Bertz CT molecular complexity index is 511. The minimum atomic E-state index is -1.06. The molecule has 108 valence electrons. The van der Waals surface area contributed by atoms with Gasteiger partial charge in [0.25, 0.3) is 0 Å². The number of hydrogen-bond acceptors (Lipinski definition) is 3. The van der Waals surface area contributed by atoms with Crippen LogP contribution in [0.2, 0.25) is 0 Å². The number of aromatic carboxylic acids is 1. The molecule has 1 aliphatic heterocycles. The average molecular weight is 341 g/mol. The van der Waals surface area contributed by atoms with Crippen molar-refractivity contribution in [3.05, 3.63) is 28.2 Å². The molecule has 1 atom stereocenters. The van der Waals surface area contributed by atoms with Crippen molar-refractivity contribution in [1.82, 2.24) is 5.32 Å². The van der Waals surface area contributed by atoms with Gasteiger partial charge < -0.3 is 15.7 Å². The molecule has 1 amide bonds. The van der Waals surface area contributed by atoms with E-state index < -0.39 is 5.97 Å². The quantitative estimate of drug-likeness (QED) is 0.790. The number of rotatable bonds is 3. The van der Waals surface area contributed by atoms with Crippen LogP contribution in [0.5, 0.6) is 0 Å². The Kier molecular flexibility index (Phi) is 5.14. The maximum atomic E-state index is 12.3. The molecule has 1 aromatic carbocycles. The van der Waals surface area contributed by atoms with Crippen molar-refractivity contribution in [1.29, 1.82) is 0 Å². The SMILES string of the molecule is O=C(O)c1cccc(Br)c1NC(=O)C1CCCCCN1. The Hall–Kier alpha value is -1.40. The van der Waals surface area contributed by atoms with Crippen LogP contribution in [0.3, 0.4) is 0 Å². The minimum Gasteiger partial charge on any atom is -0.478 e. The number of anilines is 1. The van der Waals surface area contributed by atoms with Gasteiger partial charge in [0.15, 0.2) is 0 Å². The van der Waals surface area contributed by atoms with E-state index in [0.29, 0.717) is 10.2 Å². The van der Waals surface area contributed by atoms with Crippen LogP contribution in [0.15, 0.2) is 22.7 Å². The molecule has 5 nitrogen and oxygen atoms in total. The summed E-state index contributed by atoms with van der Waals surface area (Å²) in [5.41, 5.74) is 0.400. The Labute approximate surface area is 125 Å². The van der Waals surface area contributed by atoms with E-state index in [1.165, 1.54) is 6.07 Å². The van der Waals surface area contributed by atoms with Crippen LogP contribution in [0, 0.1) is 0 Å². The normalized spacial score (nSPS) is 19.1. The van der Waals surface area contributed by atoms with E-state index in [1.54, 1.807) is 12.1 Å². The van der Waals surface area contributed by atoms with Gasteiger partial charge in [0.05, 0.1) is 17.3 Å². The molecule has 0 saturated carbocycles. The third-order valence-electron chi connectivity index (χ3n) is 3.37. The van der Waals surface area contributed by atoms with Crippen LogP contribution in [0.4, 0.5) is 5.69 Å². The van der Waals surface area contributed by atoms with Gasteiger partial charge in [-0.25, -0.2) is 4.79 Å². The Balaban J connectivity index is 2.16. The number of carboxylic acids is 1. The topological polar surface area (TPSA) is 78.4 Å². The van der Waals surface area contributed by atoms with Crippen molar-refractivity contribution in [3.63, 3.8) is 0 Å². The summed E-state index contributed by atoms with van der Waals surface area (Å²) in [5.74, 6) is -1.24. The molecule has 3 N–H and O–H groups in total. The average Bonchev–Trinajstić information content (AvgIpc) is 2.69. The fourth-order valence-corrected chi connectivity index (χ4v) is 2.76. The summed E-state index contributed by atoms with van der Waals surface area (Å²) < 4.78 is 0.569. The molecule has 0 aromatic heterocycles. The fourth-order valence-electron chi connectivity index (χ4n) is 2.29. The van der Waals surface area contributed by atoms with E-state index in [9.17, 15) is 14.7 Å². The molecule has 0 spiro atoms. The molecule has 0 aliphatic carbocycles. The van der Waals surface area contributed by atoms with E-state index in [-0.39, 0.29) is 17.5 Å². The highest BCUT2D eigenvalue weighted by atomic mass is 79.9. The molecule has 6 heteroatoms. The smallest absolute Gasteiger partial charge is 0.337 e. The van der Waals surface area contributed by atoms with Gasteiger partial charge in [-0.3, -0.25) is 4.79 Å². The van der Waals surface area contributed by atoms with Crippen LogP contribution >= 0.6 is 15.9 Å². The second kappa shape index (κ2) is 6.85. The van der Waals surface area contributed by atoms with Crippen LogP contribution in [0.25, 0.3) is 0 Å². The van der Waals surface area contributed by atoms with Gasteiger partial charge in [-0.15, -0.1) is 0 Å². The number of benzene rings is 1. The second-order valence-electron chi connectivity index (χ2n) is 4.81. The number of carbonyl (C=O) groups excluding carboxylic acids is 1. The molecule has 1 saturated heterocycles. The number of amides is 1. The molecule has 1 aliphatic rings. The minimum absolute atomic E-state index is 0.0846. The lowest BCUT2D eigenvalue weighted by Gasteiger charge is -2.17. The molecule has 0 radical (unpaired) electrons. The van der Waals surface area contributed by atoms with Crippen molar-refractivity contribution in [2.75, 3.05) is 11.9 Å². The largest absolute Gasteiger partial charge is 0.478 e. The van der Waals surface area contributed by atoms with Crippen LogP contribution in [-0.4, -0.2) is 29.6 Å². The highest BCUT2D eigenvalue weighted by Gasteiger charge is 2.22. The van der Waals surface area contributed by atoms with Gasteiger partial charge in [0.1, 0.15) is 0 Å². The highest BCUT2D eigenvalue weighted by Crippen LogP contribution is 2.27. The third kappa shape index (κ3) is 3.58. The van der Waals surface area contributed by atoms with Crippen molar-refractivity contribution in [2.24, 2.45) is 0 Å². The van der Waals surface area contributed by atoms with Gasteiger partial charge in [-0.2, -0.15) is 0 Å². The van der Waals surface area contributed by atoms with Crippen LogP contribution in [-0.2, 0) is 4.79 Å². The fraction of sp³-hybridized carbons (Fsp3) is 0.429. The molecule has 0 bridgehead atoms. The zero-order valence-electron chi connectivity index (χ0n) is 11.0. The summed E-state index contributed by atoms with van der Waals surface area (Å²) in [6.45, 7) is 0.819. The number of carbonyl (C=O) groups is 2. The number of nitrogens with one attached hydrogen (secondary N) is 2. The summed E-state index contributed by atoms with van der Waals surface area (Å²) in [5, 5.41) is 15.1. The lowest BCUT2D eigenvalue weighted by Crippen LogP contribution is -2.40. The van der Waals surface area contributed by atoms with Crippen LogP contribution in [0.1, 0.15) is 36.0 Å². The Morgan fingerprint density at radius 3 is 2.85 bits per heavy atom. The van der Waals surface area contributed by atoms with Crippen molar-refractivity contribution < 1.29 is 14.7 Å². The van der Waals surface area contributed by atoms with Crippen LogP contribution < -0.4 is 10.6 Å². The molecular weight excluding hydrogens is 324 g/mol. The van der Waals surface area contributed by atoms with Gasteiger partial charge in [-0.05, 0) is 47.4 Å². The van der Waals surface area contributed by atoms with Crippen molar-refractivity contribution >= 4 is 33.5 Å². The number of halogens is 1. The monoisotopic (exact) mass is 340 g/mol. The number of carboxylic acid groups (broad SMARTS) is 1. The predicted octanol–water partition coefficient (Wildman–Crippen LogP) is 2.62. The first-order valence-corrected chi connectivity index (χ1v) is 7.45. The van der Waals surface area contributed by atoms with Gasteiger partial charge in [-0.1, -0.05) is 18.9 Å². The maximum absolute atomic E-state index is 12.3. The standard InChI is InChI=1S/C14H17BrN2O3/c15-10-6-4-5-9(14(19)20)12(10)17-13(18)11-7-2-1-3-8-16-11/h4-6,11,16H,1-3,7-8H2,(H,17,18)(H,19,20). The van der Waals surface area contributed by atoms with E-state index in [0.717, 1.165) is 32.2 Å². The highest BCUT2D eigenvalue weighted by molar-refractivity contribution is 9.10. The molecule has 1 fully saturated rings. The Morgan fingerprint density at radius 2 is 2.10 bits per heavy atom. The summed E-state index contributed by atoms with van der Waals surface area (Å²) in [7, 11) is 0. The number of hydrogen-bond donors (Lipinski definition) is 3. The van der Waals surface area contributed by atoms with E-state index >= 15 is 0 Å². The zero-order valence-corrected chi connectivity index (χ0v) is 12.6. The second-order valence-corrected chi connectivity index (χ2v) is 5.67. The summed E-state index contributed by atoms with van der Waals surface area (Å²) >= 11 is 3.28. The summed E-state index contributed by atoms with van der Waals surface area (Å²) in [6, 6.07) is 4.56. The van der Waals surface area contributed by atoms with E-state index in [4.69, 9.17) is 0 Å². The van der Waals surface area contributed by atoms with Crippen molar-refractivity contribution in [3.8, 4) is 0 Å². The van der Waals surface area contributed by atoms with Gasteiger partial charge in [0.2, 0.25) is 5.91 Å². The first-order valence-electron chi connectivity index (χ1n) is 6.65. The Morgan fingerprint density at radius 1 is 1.30 bits per heavy atom. The molecular formula is C14H17BrN2O3. The molecule has 20 heavy (non-hydrogen) atoms. The predicted molar refractivity (Wildman–Crippen MR) is 80.0 cm³/mol. The molecule has 2 rings (SSSR count). The van der Waals surface area contributed by atoms with Crippen molar-refractivity contribution in [2.45, 2.75) is 31.7 Å². The zero-order chi connectivity index (χ0) is 14.5. The first-order chi connectivity index (χ1) is 9.59. The lowest BCUT2D eigenvalue weighted by atomic mass is 10.1. The molecule has 1 unspecified atom stereocenters. The molecule has 1 aromatic rings. The third-order valence-corrected chi connectivity index (χ3v) is 4.03. The summed E-state index contributed by atoms with van der Waals surface area (Å²) in [4.78, 5) is 23.5. The molecule has 1 heterocycles.